The van der Waals surface area contributed by atoms with E-state index in [1.54, 1.807) is 24.7 Å². The maximum atomic E-state index is 5.55. The van der Waals surface area contributed by atoms with Crippen LogP contribution in [0.15, 0.2) is 51.4 Å². The highest BCUT2D eigenvalue weighted by Gasteiger charge is 2.08. The summed E-state index contributed by atoms with van der Waals surface area (Å²) in [6.07, 6.45) is 2.52. The largest absolute Gasteiger partial charge is 0.496 e. The van der Waals surface area contributed by atoms with Gasteiger partial charge in [-0.1, -0.05) is 23.8 Å². The minimum Gasteiger partial charge on any atom is -0.496 e. The standard InChI is InChI=1S/C21H26N4O2S/c1-4-22-21(23-10-9-16-12-15(2)7-8-18(16)26-3)24-13-17-14-27-20(25-17)19-6-5-11-28-19/h5-8,11-12,14H,4,9-10,13H2,1-3H3,(H2,22,23,24). The number of nitrogens with one attached hydrogen (secondary N) is 2. The number of aliphatic imine (C=N–C) groups is 1. The van der Waals surface area contributed by atoms with Gasteiger partial charge >= 0.3 is 0 Å². The Morgan fingerprint density at radius 2 is 2.18 bits per heavy atom. The number of methoxy groups -OCH3 is 1. The molecule has 0 saturated carbocycles. The van der Waals surface area contributed by atoms with Gasteiger partial charge in [-0.2, -0.15) is 0 Å². The second-order valence-electron chi connectivity index (χ2n) is 6.31. The lowest BCUT2D eigenvalue weighted by molar-refractivity contribution is 0.409. The molecule has 148 valence electrons. The van der Waals surface area contributed by atoms with E-state index < -0.39 is 0 Å². The Kier molecular flexibility index (Phi) is 7.08. The van der Waals surface area contributed by atoms with E-state index in [0.29, 0.717) is 12.4 Å². The number of benzene rings is 1. The van der Waals surface area contributed by atoms with Crippen molar-refractivity contribution < 1.29 is 9.15 Å². The Morgan fingerprint density at radius 1 is 1.29 bits per heavy atom. The highest BCUT2D eigenvalue weighted by molar-refractivity contribution is 7.13. The van der Waals surface area contributed by atoms with E-state index in [-0.39, 0.29) is 0 Å². The Balaban J connectivity index is 1.58. The fraction of sp³-hybridized carbons (Fsp3) is 0.333. The summed E-state index contributed by atoms with van der Waals surface area (Å²) >= 11 is 1.61. The third-order valence-electron chi connectivity index (χ3n) is 4.15. The second-order valence-corrected chi connectivity index (χ2v) is 7.26. The number of hydrogen-bond donors (Lipinski definition) is 2. The Hall–Kier alpha value is -2.80. The number of ether oxygens (including phenoxy) is 1. The van der Waals surface area contributed by atoms with Crippen LogP contribution in [0.25, 0.3) is 10.8 Å². The van der Waals surface area contributed by atoms with E-state index in [0.717, 1.165) is 41.8 Å². The van der Waals surface area contributed by atoms with Crippen LogP contribution in [0.4, 0.5) is 0 Å². The summed E-state index contributed by atoms with van der Waals surface area (Å²) < 4.78 is 11.0. The normalized spacial score (nSPS) is 11.5. The van der Waals surface area contributed by atoms with Gasteiger partial charge in [0.25, 0.3) is 0 Å². The molecule has 0 saturated heterocycles. The number of oxazole rings is 1. The average Bonchev–Trinajstić information content (AvgIpc) is 3.38. The zero-order valence-electron chi connectivity index (χ0n) is 16.5. The van der Waals surface area contributed by atoms with Crippen LogP contribution in [0.3, 0.4) is 0 Å². The van der Waals surface area contributed by atoms with Gasteiger partial charge in [-0.15, -0.1) is 11.3 Å². The van der Waals surface area contributed by atoms with Crippen LogP contribution < -0.4 is 15.4 Å². The van der Waals surface area contributed by atoms with Crippen LogP contribution >= 0.6 is 11.3 Å². The van der Waals surface area contributed by atoms with E-state index in [2.05, 4.69) is 39.7 Å². The number of thiophene rings is 1. The van der Waals surface area contributed by atoms with Crippen molar-refractivity contribution in [2.75, 3.05) is 20.2 Å². The molecule has 0 spiro atoms. The summed E-state index contributed by atoms with van der Waals surface area (Å²) in [4.78, 5) is 10.1. The van der Waals surface area contributed by atoms with Gasteiger partial charge in [-0.05, 0) is 43.3 Å². The van der Waals surface area contributed by atoms with E-state index in [9.17, 15) is 0 Å². The number of guanidine groups is 1. The molecule has 0 radical (unpaired) electrons. The van der Waals surface area contributed by atoms with Gasteiger partial charge in [-0.3, -0.25) is 0 Å². The molecule has 3 rings (SSSR count). The first-order valence-electron chi connectivity index (χ1n) is 9.33. The third-order valence-corrected chi connectivity index (χ3v) is 5.01. The SMILES string of the molecule is CCNC(=NCc1coc(-c2cccs2)n1)NCCc1cc(C)ccc1OC. The molecule has 0 aliphatic rings. The molecule has 7 heteroatoms. The van der Waals surface area contributed by atoms with E-state index in [4.69, 9.17) is 9.15 Å². The van der Waals surface area contributed by atoms with Gasteiger partial charge < -0.3 is 19.8 Å². The molecule has 2 aromatic heterocycles. The average molecular weight is 399 g/mol. The number of hydrogen-bond acceptors (Lipinski definition) is 5. The van der Waals surface area contributed by atoms with Crippen molar-refractivity contribution in [3.63, 3.8) is 0 Å². The monoisotopic (exact) mass is 398 g/mol. The fourth-order valence-electron chi connectivity index (χ4n) is 2.81. The number of aryl methyl sites for hydroxylation is 1. The summed E-state index contributed by atoms with van der Waals surface area (Å²) in [5.74, 6) is 2.32. The highest BCUT2D eigenvalue weighted by Crippen LogP contribution is 2.23. The zero-order valence-corrected chi connectivity index (χ0v) is 17.3. The summed E-state index contributed by atoms with van der Waals surface area (Å²) in [5, 5.41) is 8.64. The second kappa shape index (κ2) is 9.94. The van der Waals surface area contributed by atoms with E-state index in [1.807, 2.05) is 30.5 Å². The maximum Gasteiger partial charge on any atom is 0.236 e. The van der Waals surface area contributed by atoms with E-state index in [1.165, 1.54) is 11.1 Å². The molecule has 28 heavy (non-hydrogen) atoms. The minimum absolute atomic E-state index is 0.456. The van der Waals surface area contributed by atoms with Gasteiger partial charge in [-0.25, -0.2) is 9.98 Å². The molecule has 2 N–H and O–H groups in total. The number of aromatic nitrogens is 1. The van der Waals surface area contributed by atoms with Crippen LogP contribution in [-0.4, -0.2) is 31.1 Å². The lowest BCUT2D eigenvalue weighted by Gasteiger charge is -2.13. The Labute approximate surface area is 169 Å². The van der Waals surface area contributed by atoms with E-state index >= 15 is 0 Å². The molecule has 0 unspecified atom stereocenters. The summed E-state index contributed by atoms with van der Waals surface area (Å²) in [6.45, 7) is 6.14. The quantitative estimate of drug-likeness (QED) is 0.443. The van der Waals surface area contributed by atoms with Crippen LogP contribution in [0.1, 0.15) is 23.7 Å². The van der Waals surface area contributed by atoms with Crippen LogP contribution in [0, 0.1) is 6.92 Å². The lowest BCUT2D eigenvalue weighted by Crippen LogP contribution is -2.38. The first-order valence-corrected chi connectivity index (χ1v) is 10.2. The summed E-state index contributed by atoms with van der Waals surface area (Å²) in [5.41, 5.74) is 3.22. The number of rotatable bonds is 8. The van der Waals surface area contributed by atoms with Crippen molar-refractivity contribution in [2.24, 2.45) is 4.99 Å². The predicted octanol–water partition coefficient (Wildman–Crippen LogP) is 4.02. The van der Waals surface area contributed by atoms with Crippen molar-refractivity contribution in [2.45, 2.75) is 26.8 Å². The lowest BCUT2D eigenvalue weighted by atomic mass is 10.1. The Bertz CT molecular complexity index is 903. The van der Waals surface area contributed by atoms with Crippen LogP contribution in [0.2, 0.25) is 0 Å². The molecular formula is C21H26N4O2S. The molecule has 6 nitrogen and oxygen atoms in total. The highest BCUT2D eigenvalue weighted by atomic mass is 32.1. The fourth-order valence-corrected chi connectivity index (χ4v) is 3.47. The molecule has 0 fully saturated rings. The Morgan fingerprint density at radius 3 is 2.93 bits per heavy atom. The smallest absolute Gasteiger partial charge is 0.236 e. The summed E-state index contributed by atoms with van der Waals surface area (Å²) in [7, 11) is 1.70. The maximum absolute atomic E-state index is 5.55. The topological polar surface area (TPSA) is 71.7 Å². The van der Waals surface area contributed by atoms with Gasteiger partial charge in [0.15, 0.2) is 5.96 Å². The molecule has 0 bridgehead atoms. The van der Waals surface area contributed by atoms with Crippen molar-refractivity contribution in [3.05, 3.63) is 58.8 Å². The zero-order chi connectivity index (χ0) is 19.8. The molecule has 0 aliphatic heterocycles. The molecule has 1 aromatic carbocycles. The van der Waals surface area contributed by atoms with Crippen molar-refractivity contribution in [3.8, 4) is 16.5 Å². The van der Waals surface area contributed by atoms with Gasteiger partial charge in [0.2, 0.25) is 5.89 Å². The first kappa shape index (κ1) is 19.9. The molecule has 0 aliphatic carbocycles. The van der Waals surface area contributed by atoms with Crippen LogP contribution in [-0.2, 0) is 13.0 Å². The van der Waals surface area contributed by atoms with Crippen LogP contribution in [0.5, 0.6) is 5.75 Å². The summed E-state index contributed by atoms with van der Waals surface area (Å²) in [6, 6.07) is 10.2. The number of nitrogens with zero attached hydrogens (tertiary/aromatic N) is 2. The minimum atomic E-state index is 0.456. The molecular weight excluding hydrogens is 372 g/mol. The van der Waals surface area contributed by atoms with Gasteiger partial charge in [0.05, 0.1) is 18.5 Å². The van der Waals surface area contributed by atoms with Crippen molar-refractivity contribution in [1.82, 2.24) is 15.6 Å². The molecule has 2 heterocycles. The molecule has 3 aromatic rings. The van der Waals surface area contributed by atoms with Gasteiger partial charge in [0, 0.05) is 13.1 Å². The molecule has 0 atom stereocenters. The van der Waals surface area contributed by atoms with Crippen molar-refractivity contribution >= 4 is 17.3 Å². The van der Waals surface area contributed by atoms with Crippen molar-refractivity contribution in [1.29, 1.82) is 0 Å². The van der Waals surface area contributed by atoms with Gasteiger partial charge in [0.1, 0.15) is 17.7 Å². The first-order chi connectivity index (χ1) is 13.7. The molecule has 0 amide bonds. The predicted molar refractivity (Wildman–Crippen MR) is 114 cm³/mol. The third kappa shape index (κ3) is 5.36.